The molecule has 5 nitrogen and oxygen atoms in total. The van der Waals surface area contributed by atoms with Gasteiger partial charge in [0.25, 0.3) is 0 Å². The summed E-state index contributed by atoms with van der Waals surface area (Å²) in [5, 5.41) is 18.7. The van der Waals surface area contributed by atoms with Crippen molar-refractivity contribution in [2.45, 2.75) is 12.8 Å². The Bertz CT molecular complexity index is 714. The lowest BCUT2D eigenvalue weighted by Gasteiger charge is -2.27. The number of aromatic amines is 1. The molecule has 0 saturated heterocycles. The molecule has 0 radical (unpaired) electrons. The van der Waals surface area contributed by atoms with Crippen LogP contribution in [-0.4, -0.2) is 16.1 Å². The van der Waals surface area contributed by atoms with Crippen LogP contribution in [0.4, 0.5) is 10.2 Å². The highest BCUT2D eigenvalue weighted by Gasteiger charge is 2.39. The fourth-order valence-corrected chi connectivity index (χ4v) is 2.59. The van der Waals surface area contributed by atoms with Crippen molar-refractivity contribution in [2.24, 2.45) is 5.92 Å². The van der Waals surface area contributed by atoms with E-state index in [2.05, 4.69) is 15.5 Å². The number of amides is 1. The second-order valence-corrected chi connectivity index (χ2v) is 4.74. The summed E-state index contributed by atoms with van der Waals surface area (Å²) in [4.78, 5) is 12.0. The molecule has 0 spiro atoms. The van der Waals surface area contributed by atoms with Crippen LogP contribution in [0.2, 0.25) is 0 Å². The SMILES string of the molecule is Cc1[nH]nc2c1[C@@H](c1ccc(F)cc1)[C@@H](C#N)C(=O)N2. The summed E-state index contributed by atoms with van der Waals surface area (Å²) in [6.45, 7) is 1.83. The number of hydrogen-bond acceptors (Lipinski definition) is 3. The summed E-state index contributed by atoms with van der Waals surface area (Å²) in [6.07, 6.45) is 0. The van der Waals surface area contributed by atoms with Crippen molar-refractivity contribution in [1.29, 1.82) is 5.26 Å². The van der Waals surface area contributed by atoms with Gasteiger partial charge in [-0.25, -0.2) is 4.39 Å². The van der Waals surface area contributed by atoms with Crippen molar-refractivity contribution in [3.63, 3.8) is 0 Å². The van der Waals surface area contributed by atoms with E-state index in [4.69, 9.17) is 0 Å². The van der Waals surface area contributed by atoms with Crippen molar-refractivity contribution in [3.05, 3.63) is 46.9 Å². The minimum atomic E-state index is -0.857. The predicted octanol–water partition coefficient (Wildman–Crippen LogP) is 2.08. The molecule has 100 valence electrons. The van der Waals surface area contributed by atoms with Crippen LogP contribution < -0.4 is 5.32 Å². The summed E-state index contributed by atoms with van der Waals surface area (Å²) >= 11 is 0. The number of aromatic nitrogens is 2. The molecule has 1 aliphatic heterocycles. The zero-order valence-corrected chi connectivity index (χ0v) is 10.6. The van der Waals surface area contributed by atoms with Crippen molar-refractivity contribution in [1.82, 2.24) is 10.2 Å². The number of rotatable bonds is 1. The zero-order chi connectivity index (χ0) is 14.3. The number of nitriles is 1. The monoisotopic (exact) mass is 270 g/mol. The van der Waals surface area contributed by atoms with E-state index in [9.17, 15) is 14.4 Å². The first kappa shape index (κ1) is 12.4. The van der Waals surface area contributed by atoms with E-state index in [1.165, 1.54) is 12.1 Å². The molecule has 20 heavy (non-hydrogen) atoms. The molecule has 6 heteroatoms. The van der Waals surface area contributed by atoms with Gasteiger partial charge in [-0.3, -0.25) is 9.89 Å². The third-order valence-corrected chi connectivity index (χ3v) is 3.53. The van der Waals surface area contributed by atoms with E-state index >= 15 is 0 Å². The van der Waals surface area contributed by atoms with E-state index in [-0.39, 0.29) is 11.7 Å². The Kier molecular flexibility index (Phi) is 2.75. The van der Waals surface area contributed by atoms with Crippen LogP contribution in [0.5, 0.6) is 0 Å². The molecule has 2 heterocycles. The van der Waals surface area contributed by atoms with Crippen LogP contribution >= 0.6 is 0 Å². The Balaban J connectivity index is 2.19. The minimum Gasteiger partial charge on any atom is -0.308 e. The van der Waals surface area contributed by atoms with Gasteiger partial charge >= 0.3 is 0 Å². The number of H-pyrrole nitrogens is 1. The number of fused-ring (bicyclic) bond motifs is 1. The lowest BCUT2D eigenvalue weighted by molar-refractivity contribution is -0.119. The molecular weight excluding hydrogens is 259 g/mol. The number of halogens is 1. The quantitative estimate of drug-likeness (QED) is 0.832. The number of anilines is 1. The second kappa shape index (κ2) is 4.46. The molecule has 1 aromatic heterocycles. The van der Waals surface area contributed by atoms with Gasteiger partial charge < -0.3 is 5.32 Å². The summed E-state index contributed by atoms with van der Waals surface area (Å²) < 4.78 is 13.1. The smallest absolute Gasteiger partial charge is 0.243 e. The van der Waals surface area contributed by atoms with Gasteiger partial charge in [0.1, 0.15) is 11.7 Å². The molecule has 0 unspecified atom stereocenters. The fourth-order valence-electron chi connectivity index (χ4n) is 2.59. The number of carbonyl (C=O) groups excluding carboxylic acids is 1. The molecule has 1 aromatic carbocycles. The maximum absolute atomic E-state index is 13.1. The Morgan fingerprint density at radius 3 is 2.70 bits per heavy atom. The fraction of sp³-hybridized carbons (Fsp3) is 0.214. The van der Waals surface area contributed by atoms with Crippen LogP contribution in [0.15, 0.2) is 24.3 Å². The molecule has 0 aliphatic carbocycles. The van der Waals surface area contributed by atoms with Crippen LogP contribution in [0.25, 0.3) is 0 Å². The highest BCUT2D eigenvalue weighted by atomic mass is 19.1. The van der Waals surface area contributed by atoms with Gasteiger partial charge in [0.2, 0.25) is 5.91 Å². The standard InChI is InChI=1S/C14H11FN4O/c1-7-11-12(8-2-4-9(15)5-3-8)10(6-16)14(20)17-13(11)19-18-7/h2-5,10,12H,1H3,(H2,17,18,19,20)/t10-,12+/m1/s1. The van der Waals surface area contributed by atoms with Crippen LogP contribution in [0.3, 0.4) is 0 Å². The first-order valence-electron chi connectivity index (χ1n) is 6.12. The number of hydrogen-bond donors (Lipinski definition) is 2. The summed E-state index contributed by atoms with van der Waals surface area (Å²) in [5.41, 5.74) is 2.29. The molecule has 0 fully saturated rings. The normalized spacial score (nSPS) is 20.9. The van der Waals surface area contributed by atoms with Crippen molar-refractivity contribution in [2.75, 3.05) is 5.32 Å². The number of nitrogens with one attached hydrogen (secondary N) is 2. The second-order valence-electron chi connectivity index (χ2n) is 4.74. The van der Waals surface area contributed by atoms with Gasteiger partial charge in [0.05, 0.1) is 6.07 Å². The lowest BCUT2D eigenvalue weighted by atomic mass is 9.78. The summed E-state index contributed by atoms with van der Waals surface area (Å²) in [5.74, 6) is -1.60. The molecule has 1 aliphatic rings. The molecule has 2 N–H and O–H groups in total. The molecule has 0 saturated carbocycles. The Labute approximate surface area is 114 Å². The van der Waals surface area contributed by atoms with E-state index in [0.717, 1.165) is 16.8 Å². The number of aryl methyl sites for hydroxylation is 1. The van der Waals surface area contributed by atoms with Gasteiger partial charge in [0, 0.05) is 17.2 Å². The molecule has 0 bridgehead atoms. The highest BCUT2D eigenvalue weighted by molar-refractivity contribution is 5.98. The van der Waals surface area contributed by atoms with E-state index < -0.39 is 11.8 Å². The highest BCUT2D eigenvalue weighted by Crippen LogP contribution is 2.41. The Hall–Kier alpha value is -2.68. The molecule has 1 amide bonds. The maximum atomic E-state index is 13.1. The minimum absolute atomic E-state index is 0.355. The predicted molar refractivity (Wildman–Crippen MR) is 69.3 cm³/mol. The molecule has 2 aromatic rings. The average Bonchev–Trinajstić information content (AvgIpc) is 2.79. The van der Waals surface area contributed by atoms with Crippen molar-refractivity contribution < 1.29 is 9.18 Å². The summed E-state index contributed by atoms with van der Waals surface area (Å²) in [7, 11) is 0. The van der Waals surface area contributed by atoms with Gasteiger partial charge in [-0.05, 0) is 24.6 Å². The van der Waals surface area contributed by atoms with Crippen LogP contribution in [0.1, 0.15) is 22.7 Å². The third-order valence-electron chi connectivity index (χ3n) is 3.53. The molecule has 2 atom stereocenters. The first-order chi connectivity index (χ1) is 9.61. The Morgan fingerprint density at radius 1 is 1.35 bits per heavy atom. The van der Waals surface area contributed by atoms with Gasteiger partial charge in [-0.15, -0.1) is 0 Å². The van der Waals surface area contributed by atoms with Gasteiger partial charge in [-0.2, -0.15) is 10.4 Å². The number of carbonyl (C=O) groups is 1. The van der Waals surface area contributed by atoms with E-state index in [0.29, 0.717) is 5.82 Å². The van der Waals surface area contributed by atoms with Crippen molar-refractivity contribution in [3.8, 4) is 6.07 Å². The van der Waals surface area contributed by atoms with Crippen molar-refractivity contribution >= 4 is 11.7 Å². The number of nitrogens with zero attached hydrogens (tertiary/aromatic N) is 2. The van der Waals surface area contributed by atoms with Crippen LogP contribution in [-0.2, 0) is 4.79 Å². The van der Waals surface area contributed by atoms with Crippen LogP contribution in [0, 0.1) is 30.0 Å². The van der Waals surface area contributed by atoms with Gasteiger partial charge in [0.15, 0.2) is 5.82 Å². The maximum Gasteiger partial charge on any atom is 0.243 e. The third kappa shape index (κ3) is 1.75. The van der Waals surface area contributed by atoms with E-state index in [1.807, 2.05) is 13.0 Å². The first-order valence-corrected chi connectivity index (χ1v) is 6.12. The number of benzene rings is 1. The topological polar surface area (TPSA) is 81.6 Å². The lowest BCUT2D eigenvalue weighted by Crippen LogP contribution is -2.33. The van der Waals surface area contributed by atoms with Gasteiger partial charge in [-0.1, -0.05) is 12.1 Å². The molecular formula is C14H11FN4O. The average molecular weight is 270 g/mol. The van der Waals surface area contributed by atoms with E-state index in [1.54, 1.807) is 12.1 Å². The zero-order valence-electron chi connectivity index (χ0n) is 10.6. The molecule has 3 rings (SSSR count). The largest absolute Gasteiger partial charge is 0.308 e. The Morgan fingerprint density at radius 2 is 2.05 bits per heavy atom. The summed E-state index contributed by atoms with van der Waals surface area (Å²) in [6, 6.07) is 7.87.